The maximum atomic E-state index is 12.2. The Morgan fingerprint density at radius 2 is 1.85 bits per heavy atom. The minimum Gasteiger partial charge on any atom is -0.481 e. The fourth-order valence-corrected chi connectivity index (χ4v) is 3.52. The van der Waals surface area contributed by atoms with Crippen LogP contribution in [0.5, 0.6) is 0 Å². The summed E-state index contributed by atoms with van der Waals surface area (Å²) in [4.78, 5) is 33.8. The van der Waals surface area contributed by atoms with Crippen molar-refractivity contribution >= 4 is 17.8 Å². The van der Waals surface area contributed by atoms with E-state index in [1.54, 1.807) is 0 Å². The Labute approximate surface area is 116 Å². The lowest BCUT2D eigenvalue weighted by Gasteiger charge is -2.28. The van der Waals surface area contributed by atoms with Gasteiger partial charge in [0.25, 0.3) is 0 Å². The molecule has 4 unspecified atom stereocenters. The van der Waals surface area contributed by atoms with Crippen molar-refractivity contribution in [3.8, 4) is 0 Å². The van der Waals surface area contributed by atoms with E-state index in [1.165, 1.54) is 0 Å². The molecule has 0 aromatic heterocycles. The predicted octanol–water partition coefficient (Wildman–Crippen LogP) is -0.206. The maximum Gasteiger partial charge on any atom is 0.326 e. The Hall–Kier alpha value is -1.63. The van der Waals surface area contributed by atoms with E-state index in [2.05, 4.69) is 5.32 Å². The van der Waals surface area contributed by atoms with Gasteiger partial charge in [0, 0.05) is 12.5 Å². The van der Waals surface area contributed by atoms with Crippen LogP contribution in [0.4, 0.5) is 0 Å². The number of amides is 1. The molecule has 2 saturated carbocycles. The van der Waals surface area contributed by atoms with Crippen molar-refractivity contribution in [2.45, 2.75) is 44.2 Å². The first kappa shape index (κ1) is 14.8. The fourth-order valence-electron chi connectivity index (χ4n) is 3.52. The summed E-state index contributed by atoms with van der Waals surface area (Å²) in [6.07, 6.45) is 2.53. The number of hydrogen-bond acceptors (Lipinski definition) is 4. The van der Waals surface area contributed by atoms with Gasteiger partial charge in [-0.3, -0.25) is 9.59 Å². The van der Waals surface area contributed by atoms with E-state index in [-0.39, 0.29) is 36.6 Å². The molecule has 1 amide bonds. The van der Waals surface area contributed by atoms with Gasteiger partial charge in [0.15, 0.2) is 0 Å². The van der Waals surface area contributed by atoms with Crippen molar-refractivity contribution < 1.29 is 24.6 Å². The lowest BCUT2D eigenvalue weighted by Crippen LogP contribution is -2.50. The quantitative estimate of drug-likeness (QED) is 0.534. The van der Waals surface area contributed by atoms with Gasteiger partial charge < -0.3 is 21.3 Å². The van der Waals surface area contributed by atoms with Gasteiger partial charge in [-0.25, -0.2) is 4.79 Å². The molecule has 2 bridgehead atoms. The molecule has 5 N–H and O–H groups in total. The fraction of sp³-hybridized carbons (Fsp3) is 0.769. The number of carbonyl (C=O) groups is 3. The highest BCUT2D eigenvalue weighted by atomic mass is 16.4. The van der Waals surface area contributed by atoms with Gasteiger partial charge in [0.1, 0.15) is 6.04 Å². The zero-order valence-corrected chi connectivity index (χ0v) is 11.1. The van der Waals surface area contributed by atoms with Crippen molar-refractivity contribution in [3.63, 3.8) is 0 Å². The van der Waals surface area contributed by atoms with Gasteiger partial charge >= 0.3 is 11.9 Å². The normalized spacial score (nSPS) is 32.9. The largest absolute Gasteiger partial charge is 0.481 e. The number of aliphatic carboxylic acids is 2. The molecule has 0 aliphatic heterocycles. The van der Waals surface area contributed by atoms with E-state index in [4.69, 9.17) is 15.9 Å². The third kappa shape index (κ3) is 2.92. The molecule has 2 aliphatic carbocycles. The van der Waals surface area contributed by atoms with Crippen molar-refractivity contribution in [1.82, 2.24) is 5.32 Å². The highest BCUT2D eigenvalue weighted by Crippen LogP contribution is 2.47. The van der Waals surface area contributed by atoms with E-state index in [1.807, 2.05) is 0 Å². The first-order valence-corrected chi connectivity index (χ1v) is 6.90. The molecule has 112 valence electrons. The second kappa shape index (κ2) is 5.78. The second-order valence-electron chi connectivity index (χ2n) is 5.77. The Morgan fingerprint density at radius 1 is 1.20 bits per heavy atom. The highest BCUT2D eigenvalue weighted by Gasteiger charge is 2.49. The zero-order chi connectivity index (χ0) is 14.9. The first-order valence-electron chi connectivity index (χ1n) is 6.90. The Morgan fingerprint density at radius 3 is 2.35 bits per heavy atom. The smallest absolute Gasteiger partial charge is 0.326 e. The van der Waals surface area contributed by atoms with E-state index < -0.39 is 18.0 Å². The molecule has 7 heteroatoms. The molecule has 7 nitrogen and oxygen atoms in total. The summed E-state index contributed by atoms with van der Waals surface area (Å²) in [5.74, 6) is -2.37. The molecule has 2 aliphatic rings. The SMILES string of the molecule is NC1C2CCC(C2)C1C(=O)N[C@@H](CCC(=O)O)C(=O)O. The van der Waals surface area contributed by atoms with Crippen molar-refractivity contribution in [2.24, 2.45) is 23.5 Å². The molecule has 0 aromatic carbocycles. The zero-order valence-electron chi connectivity index (χ0n) is 11.1. The molecule has 20 heavy (non-hydrogen) atoms. The van der Waals surface area contributed by atoms with Crippen LogP contribution in [0, 0.1) is 17.8 Å². The van der Waals surface area contributed by atoms with Gasteiger partial charge in [-0.1, -0.05) is 0 Å². The third-order valence-corrected chi connectivity index (χ3v) is 4.54. The minimum atomic E-state index is -1.21. The molecule has 0 aromatic rings. The summed E-state index contributed by atoms with van der Waals surface area (Å²) < 4.78 is 0. The summed E-state index contributed by atoms with van der Waals surface area (Å²) >= 11 is 0. The van der Waals surface area contributed by atoms with Crippen LogP contribution in [0.25, 0.3) is 0 Å². The van der Waals surface area contributed by atoms with E-state index in [9.17, 15) is 14.4 Å². The first-order chi connectivity index (χ1) is 9.40. The number of carboxylic acid groups (broad SMARTS) is 2. The lowest BCUT2D eigenvalue weighted by molar-refractivity contribution is -0.144. The molecular formula is C13H20N2O5. The number of nitrogens with two attached hydrogens (primary N) is 1. The summed E-state index contributed by atoms with van der Waals surface area (Å²) in [6, 6.07) is -1.37. The van der Waals surface area contributed by atoms with Crippen molar-refractivity contribution in [3.05, 3.63) is 0 Å². The Bertz CT molecular complexity index is 423. The maximum absolute atomic E-state index is 12.2. The summed E-state index contributed by atoms with van der Waals surface area (Å²) in [7, 11) is 0. The van der Waals surface area contributed by atoms with Crippen LogP contribution < -0.4 is 11.1 Å². The van der Waals surface area contributed by atoms with Crippen LogP contribution >= 0.6 is 0 Å². The van der Waals surface area contributed by atoms with Gasteiger partial charge in [0.05, 0.1) is 5.92 Å². The average molecular weight is 284 g/mol. The van der Waals surface area contributed by atoms with Crippen LogP contribution in [0.3, 0.4) is 0 Å². The number of hydrogen-bond donors (Lipinski definition) is 4. The molecule has 0 saturated heterocycles. The van der Waals surface area contributed by atoms with Gasteiger partial charge in [-0.15, -0.1) is 0 Å². The van der Waals surface area contributed by atoms with Gasteiger partial charge in [-0.2, -0.15) is 0 Å². The van der Waals surface area contributed by atoms with Crippen molar-refractivity contribution in [2.75, 3.05) is 0 Å². The standard InChI is InChI=1S/C13H20N2O5/c14-11-7-2-1-6(5-7)10(11)12(18)15-8(13(19)20)3-4-9(16)17/h6-8,10-11H,1-5,14H2,(H,15,18)(H,16,17)(H,19,20)/t6?,7?,8-,10?,11?/m0/s1. The summed E-state index contributed by atoms with van der Waals surface area (Å²) in [5, 5.41) is 20.1. The average Bonchev–Trinajstić information content (AvgIpc) is 2.93. The lowest BCUT2D eigenvalue weighted by atomic mass is 9.84. The van der Waals surface area contributed by atoms with Crippen molar-refractivity contribution in [1.29, 1.82) is 0 Å². The van der Waals surface area contributed by atoms with Crippen LogP contribution in [0.2, 0.25) is 0 Å². The molecule has 0 heterocycles. The predicted molar refractivity (Wildman–Crippen MR) is 68.7 cm³/mol. The molecule has 0 radical (unpaired) electrons. The van der Waals surface area contributed by atoms with E-state index >= 15 is 0 Å². The Balaban J connectivity index is 1.94. The van der Waals surface area contributed by atoms with Crippen LogP contribution in [-0.4, -0.2) is 40.1 Å². The Kier molecular flexibility index (Phi) is 4.27. The van der Waals surface area contributed by atoms with Gasteiger partial charge in [-0.05, 0) is 37.5 Å². The molecule has 2 fully saturated rings. The summed E-state index contributed by atoms with van der Waals surface area (Å²) in [6.45, 7) is 0. The molecule has 2 rings (SSSR count). The van der Waals surface area contributed by atoms with Crippen LogP contribution in [0.15, 0.2) is 0 Å². The highest BCUT2D eigenvalue weighted by molar-refractivity contribution is 5.86. The molecular weight excluding hydrogens is 264 g/mol. The topological polar surface area (TPSA) is 130 Å². The van der Waals surface area contributed by atoms with E-state index in [0.717, 1.165) is 19.3 Å². The second-order valence-corrected chi connectivity index (χ2v) is 5.77. The van der Waals surface area contributed by atoms with Crippen LogP contribution in [-0.2, 0) is 14.4 Å². The number of fused-ring (bicyclic) bond motifs is 2. The van der Waals surface area contributed by atoms with Gasteiger partial charge in [0.2, 0.25) is 5.91 Å². The van der Waals surface area contributed by atoms with E-state index in [0.29, 0.717) is 5.92 Å². The minimum absolute atomic E-state index is 0.119. The third-order valence-electron chi connectivity index (χ3n) is 4.54. The number of carboxylic acids is 2. The number of carbonyl (C=O) groups excluding carboxylic acids is 1. The monoisotopic (exact) mass is 284 g/mol. The summed E-state index contributed by atoms with van der Waals surface area (Å²) in [5.41, 5.74) is 6.04. The molecule has 0 spiro atoms. The number of rotatable bonds is 6. The van der Waals surface area contributed by atoms with Crippen LogP contribution in [0.1, 0.15) is 32.1 Å². The molecule has 5 atom stereocenters. The number of nitrogens with one attached hydrogen (secondary N) is 1.